The normalized spacial score (nSPS) is 23.5. The Morgan fingerprint density at radius 1 is 1.12 bits per heavy atom. The lowest BCUT2D eigenvalue weighted by molar-refractivity contribution is -0.0595. The van der Waals surface area contributed by atoms with E-state index in [4.69, 9.17) is 9.47 Å². The molecule has 0 aromatic heterocycles. The summed E-state index contributed by atoms with van der Waals surface area (Å²) in [5, 5.41) is 11.6. The number of likely N-dealkylation sites (tertiary alicyclic amines) is 1. The lowest BCUT2D eigenvalue weighted by Crippen LogP contribution is -2.52. The number of aliphatic hydroxyl groups is 1. The van der Waals surface area contributed by atoms with Crippen LogP contribution in [0.3, 0.4) is 0 Å². The van der Waals surface area contributed by atoms with E-state index in [1.165, 1.54) is 0 Å². The number of carbonyl (C=O) groups is 1. The quantitative estimate of drug-likeness (QED) is 0.836. The average Bonchev–Trinajstić information content (AvgIpc) is 2.69. The number of rotatable bonds is 5. The zero-order chi connectivity index (χ0) is 18.7. The number of ether oxygens (including phenoxy) is 2. The number of nitrogens with zero attached hydrogens (tertiary/aromatic N) is 1. The average molecular weight is 355 g/mol. The molecule has 0 aliphatic carbocycles. The molecule has 5 nitrogen and oxygen atoms in total. The molecule has 0 bridgehead atoms. The second-order valence-corrected chi connectivity index (χ2v) is 6.82. The third-order valence-electron chi connectivity index (χ3n) is 5.19. The van der Waals surface area contributed by atoms with Gasteiger partial charge in [-0.15, -0.1) is 0 Å². The number of piperidine rings is 1. The molecule has 3 rings (SSSR count). The van der Waals surface area contributed by atoms with Crippen molar-refractivity contribution in [1.29, 1.82) is 0 Å². The van der Waals surface area contributed by atoms with Crippen molar-refractivity contribution >= 4 is 5.78 Å². The molecular formula is C21H25NO4. The zero-order valence-corrected chi connectivity index (χ0v) is 15.4. The maximum absolute atomic E-state index is 13.3. The molecule has 138 valence electrons. The van der Waals surface area contributed by atoms with E-state index in [2.05, 4.69) is 4.90 Å². The number of carbonyl (C=O) groups excluding carboxylic acids is 1. The van der Waals surface area contributed by atoms with E-state index in [1.54, 1.807) is 38.5 Å². The predicted molar refractivity (Wildman–Crippen MR) is 99.8 cm³/mol. The number of Topliss-reactive ketones (excluding diaryl/α,β-unsaturated/α-hetero) is 1. The smallest absolute Gasteiger partial charge is 0.170 e. The first-order valence-electron chi connectivity index (χ1n) is 8.71. The second kappa shape index (κ2) is 7.48. The Kier molecular flexibility index (Phi) is 5.30. The van der Waals surface area contributed by atoms with Gasteiger partial charge in [0, 0.05) is 18.7 Å². The Bertz CT molecular complexity index is 791. The maximum atomic E-state index is 13.3. The summed E-state index contributed by atoms with van der Waals surface area (Å²) >= 11 is 0. The molecule has 1 heterocycles. The van der Waals surface area contributed by atoms with Crippen molar-refractivity contribution in [3.05, 3.63) is 59.7 Å². The Balaban J connectivity index is 2.01. The molecular weight excluding hydrogens is 330 g/mol. The third-order valence-corrected chi connectivity index (χ3v) is 5.19. The van der Waals surface area contributed by atoms with Gasteiger partial charge in [-0.05, 0) is 43.3 Å². The molecule has 0 amide bonds. The van der Waals surface area contributed by atoms with Crippen molar-refractivity contribution in [3.8, 4) is 11.5 Å². The van der Waals surface area contributed by atoms with Crippen molar-refractivity contribution in [2.75, 3.05) is 34.4 Å². The van der Waals surface area contributed by atoms with Gasteiger partial charge < -0.3 is 19.5 Å². The lowest BCUT2D eigenvalue weighted by Gasteiger charge is -2.43. The molecule has 0 radical (unpaired) electrons. The summed E-state index contributed by atoms with van der Waals surface area (Å²) in [7, 11) is 5.14. The summed E-state index contributed by atoms with van der Waals surface area (Å²) in [5.41, 5.74) is 0.0264. The lowest BCUT2D eigenvalue weighted by atomic mass is 9.72. The van der Waals surface area contributed by atoms with Crippen molar-refractivity contribution in [1.82, 2.24) is 4.90 Å². The summed E-state index contributed by atoms with van der Waals surface area (Å²) in [6.45, 7) is 1.21. The number of hydrogen-bond donors (Lipinski definition) is 1. The minimum Gasteiger partial charge on any atom is -0.497 e. The largest absolute Gasteiger partial charge is 0.497 e. The molecule has 1 N–H and O–H groups in total. The second-order valence-electron chi connectivity index (χ2n) is 6.82. The summed E-state index contributed by atoms with van der Waals surface area (Å²) in [6, 6.07) is 14.4. The Hall–Kier alpha value is -2.37. The third kappa shape index (κ3) is 3.45. The van der Waals surface area contributed by atoms with Crippen LogP contribution in [0.25, 0.3) is 0 Å². The Morgan fingerprint density at radius 3 is 2.46 bits per heavy atom. The monoisotopic (exact) mass is 355 g/mol. The Labute approximate surface area is 154 Å². The van der Waals surface area contributed by atoms with Gasteiger partial charge in [0.1, 0.15) is 17.1 Å². The van der Waals surface area contributed by atoms with Crippen LogP contribution in [0.5, 0.6) is 11.5 Å². The van der Waals surface area contributed by atoms with Gasteiger partial charge in [0.15, 0.2) is 5.78 Å². The van der Waals surface area contributed by atoms with Crippen LogP contribution in [0.1, 0.15) is 22.3 Å². The predicted octanol–water partition coefficient (Wildman–Crippen LogP) is 2.73. The molecule has 26 heavy (non-hydrogen) atoms. The highest BCUT2D eigenvalue weighted by atomic mass is 16.5. The number of benzene rings is 2. The SMILES string of the molecule is COc1cccc(C(=O)[C@@H]2CN(C)CC[C@@]2(O)c2cccc(OC)c2)c1. The van der Waals surface area contributed by atoms with Crippen LogP contribution in [0, 0.1) is 5.92 Å². The molecule has 0 unspecified atom stereocenters. The number of ketones is 1. The van der Waals surface area contributed by atoms with E-state index >= 15 is 0 Å². The molecule has 1 aliphatic heterocycles. The van der Waals surface area contributed by atoms with E-state index in [0.29, 0.717) is 35.6 Å². The molecule has 1 aliphatic rings. The van der Waals surface area contributed by atoms with Gasteiger partial charge >= 0.3 is 0 Å². The topological polar surface area (TPSA) is 59.0 Å². The van der Waals surface area contributed by atoms with Gasteiger partial charge in [-0.2, -0.15) is 0 Å². The number of hydrogen-bond acceptors (Lipinski definition) is 5. The van der Waals surface area contributed by atoms with Gasteiger partial charge in [-0.25, -0.2) is 0 Å². The van der Waals surface area contributed by atoms with Crippen LogP contribution in [0.2, 0.25) is 0 Å². The number of methoxy groups -OCH3 is 2. The zero-order valence-electron chi connectivity index (χ0n) is 15.4. The molecule has 1 saturated heterocycles. The van der Waals surface area contributed by atoms with Crippen molar-refractivity contribution in [3.63, 3.8) is 0 Å². The molecule has 0 spiro atoms. The van der Waals surface area contributed by atoms with Crippen molar-refractivity contribution in [2.24, 2.45) is 5.92 Å². The van der Waals surface area contributed by atoms with Crippen LogP contribution in [-0.4, -0.2) is 50.1 Å². The first kappa shape index (κ1) is 18.4. The van der Waals surface area contributed by atoms with Crippen LogP contribution in [0.15, 0.2) is 48.5 Å². The van der Waals surface area contributed by atoms with Gasteiger partial charge in [0.05, 0.1) is 20.1 Å². The van der Waals surface area contributed by atoms with E-state index in [9.17, 15) is 9.90 Å². The highest BCUT2D eigenvalue weighted by molar-refractivity contribution is 5.99. The van der Waals surface area contributed by atoms with Crippen molar-refractivity contribution in [2.45, 2.75) is 12.0 Å². The van der Waals surface area contributed by atoms with E-state index < -0.39 is 11.5 Å². The van der Waals surface area contributed by atoms with Gasteiger partial charge in [-0.1, -0.05) is 24.3 Å². The molecule has 5 heteroatoms. The van der Waals surface area contributed by atoms with Crippen molar-refractivity contribution < 1.29 is 19.4 Å². The first-order chi connectivity index (χ1) is 12.5. The molecule has 1 fully saturated rings. The molecule has 2 atom stereocenters. The van der Waals surface area contributed by atoms with E-state index in [-0.39, 0.29) is 5.78 Å². The highest BCUT2D eigenvalue weighted by Gasteiger charge is 2.46. The molecule has 2 aromatic rings. The fourth-order valence-corrected chi connectivity index (χ4v) is 3.60. The minimum absolute atomic E-state index is 0.0826. The van der Waals surface area contributed by atoms with E-state index in [0.717, 1.165) is 6.54 Å². The first-order valence-corrected chi connectivity index (χ1v) is 8.71. The Morgan fingerprint density at radius 2 is 1.77 bits per heavy atom. The maximum Gasteiger partial charge on any atom is 0.170 e. The van der Waals surface area contributed by atoms with Crippen LogP contribution in [-0.2, 0) is 5.60 Å². The van der Waals surface area contributed by atoms with Crippen LogP contribution >= 0.6 is 0 Å². The highest BCUT2D eigenvalue weighted by Crippen LogP contribution is 2.40. The summed E-state index contributed by atoms with van der Waals surface area (Å²) in [5.74, 6) is 0.647. The van der Waals surface area contributed by atoms with Gasteiger partial charge in [-0.3, -0.25) is 4.79 Å². The summed E-state index contributed by atoms with van der Waals surface area (Å²) < 4.78 is 10.5. The molecule has 2 aromatic carbocycles. The summed E-state index contributed by atoms with van der Waals surface area (Å²) in [6.07, 6.45) is 0.483. The minimum atomic E-state index is -1.23. The standard InChI is InChI=1S/C21H25NO4/c1-22-11-10-21(24,16-7-5-9-18(13-16)26-3)19(14-22)20(23)15-6-4-8-17(12-15)25-2/h4-9,12-13,19,24H,10-11,14H2,1-3H3/t19-,21+/m0/s1. The van der Waals surface area contributed by atoms with Crippen LogP contribution in [0.4, 0.5) is 0 Å². The fraction of sp³-hybridized carbons (Fsp3) is 0.381. The summed E-state index contributed by atoms with van der Waals surface area (Å²) in [4.78, 5) is 15.4. The van der Waals surface area contributed by atoms with Gasteiger partial charge in [0.25, 0.3) is 0 Å². The fourth-order valence-electron chi connectivity index (χ4n) is 3.60. The van der Waals surface area contributed by atoms with Gasteiger partial charge in [0.2, 0.25) is 0 Å². The van der Waals surface area contributed by atoms with Crippen LogP contribution < -0.4 is 9.47 Å². The molecule has 0 saturated carbocycles. The van der Waals surface area contributed by atoms with E-state index in [1.807, 2.05) is 31.3 Å².